The van der Waals surface area contributed by atoms with Crippen molar-refractivity contribution in [1.82, 2.24) is 0 Å². The number of carbonyl (C=O) groups is 6. The highest BCUT2D eigenvalue weighted by Crippen LogP contribution is 2.04. The zero-order valence-electron chi connectivity index (χ0n) is 18.1. The highest BCUT2D eigenvalue weighted by Gasteiger charge is 2.05. The van der Waals surface area contributed by atoms with E-state index in [-0.39, 0.29) is 35.1 Å². The predicted molar refractivity (Wildman–Crippen MR) is 121 cm³/mol. The van der Waals surface area contributed by atoms with E-state index in [2.05, 4.69) is 0 Å². The number of benzene rings is 2. The van der Waals surface area contributed by atoms with Crippen molar-refractivity contribution in [3.05, 3.63) is 70.8 Å². The Morgan fingerprint density at radius 3 is 0.941 bits per heavy atom. The second-order valence-corrected chi connectivity index (χ2v) is 6.61. The Kier molecular flexibility index (Phi) is 13.0. The van der Waals surface area contributed by atoms with Crippen LogP contribution < -0.4 is 22.9 Å². The van der Waals surface area contributed by atoms with Crippen LogP contribution >= 0.6 is 0 Å². The van der Waals surface area contributed by atoms with Crippen molar-refractivity contribution in [2.75, 3.05) is 0 Å². The number of rotatable bonds is 9. The second-order valence-electron chi connectivity index (χ2n) is 6.61. The van der Waals surface area contributed by atoms with Crippen LogP contribution in [0.2, 0.25) is 0 Å². The Balaban J connectivity index is 0.000000484. The molecule has 0 radical (unpaired) electrons. The Hall–Kier alpha value is -4.74. The maximum atomic E-state index is 10.6. The molecule has 0 aliphatic carbocycles. The van der Waals surface area contributed by atoms with Gasteiger partial charge in [-0.15, -0.1) is 0 Å². The highest BCUT2D eigenvalue weighted by atomic mass is 16.4. The van der Waals surface area contributed by atoms with Gasteiger partial charge >= 0.3 is 11.9 Å². The summed E-state index contributed by atoms with van der Waals surface area (Å²) >= 11 is 0. The highest BCUT2D eigenvalue weighted by molar-refractivity contribution is 5.99. The summed E-state index contributed by atoms with van der Waals surface area (Å²) in [6, 6.07) is 11.9. The second kappa shape index (κ2) is 15.1. The first-order chi connectivity index (χ1) is 15.8. The molecule has 0 unspecified atom stereocenters. The number of hydrogen-bond acceptors (Lipinski definition) is 6. The third kappa shape index (κ3) is 12.8. The van der Waals surface area contributed by atoms with E-state index in [9.17, 15) is 28.8 Å². The lowest BCUT2D eigenvalue weighted by atomic mass is 10.1. The number of unbranched alkanes of at least 4 members (excludes halogenated alkanes) is 1. The van der Waals surface area contributed by atoms with Crippen LogP contribution in [0.5, 0.6) is 0 Å². The van der Waals surface area contributed by atoms with Crippen molar-refractivity contribution in [3.8, 4) is 0 Å². The van der Waals surface area contributed by atoms with E-state index in [1.807, 2.05) is 0 Å². The van der Waals surface area contributed by atoms with Gasteiger partial charge in [0, 0.05) is 35.1 Å². The average molecular weight is 474 g/mol. The van der Waals surface area contributed by atoms with E-state index in [4.69, 9.17) is 33.1 Å². The fraction of sp³-hybridized carbons (Fsp3) is 0.182. The number of hydrogen-bond donors (Lipinski definition) is 6. The molecular formula is C22H26N4O8. The maximum absolute atomic E-state index is 10.6. The van der Waals surface area contributed by atoms with Gasteiger partial charge in [-0.3, -0.25) is 28.8 Å². The van der Waals surface area contributed by atoms with E-state index in [1.165, 1.54) is 36.4 Å². The number of nitrogens with two attached hydrogens (primary N) is 4. The maximum Gasteiger partial charge on any atom is 0.303 e. The molecule has 0 saturated heterocycles. The molecule has 2 aromatic carbocycles. The largest absolute Gasteiger partial charge is 0.481 e. The minimum absolute atomic E-state index is 0.0628. The van der Waals surface area contributed by atoms with Gasteiger partial charge in [-0.2, -0.15) is 0 Å². The summed E-state index contributed by atoms with van der Waals surface area (Å²) < 4.78 is 0. The molecule has 0 aromatic heterocycles. The van der Waals surface area contributed by atoms with Crippen molar-refractivity contribution >= 4 is 35.6 Å². The van der Waals surface area contributed by atoms with Crippen molar-refractivity contribution in [2.24, 2.45) is 22.9 Å². The molecule has 2 rings (SSSR count). The number of aliphatic carboxylic acids is 2. The zero-order chi connectivity index (χ0) is 26.3. The normalized spacial score (nSPS) is 9.29. The molecule has 182 valence electrons. The topological polar surface area (TPSA) is 247 Å². The molecule has 0 saturated carbocycles. The zero-order valence-corrected chi connectivity index (χ0v) is 18.1. The van der Waals surface area contributed by atoms with E-state index < -0.39 is 35.6 Å². The lowest BCUT2D eigenvalue weighted by Gasteiger charge is -1.97. The van der Waals surface area contributed by atoms with Crippen molar-refractivity contribution in [1.29, 1.82) is 0 Å². The Bertz CT molecular complexity index is 911. The van der Waals surface area contributed by atoms with E-state index in [0.29, 0.717) is 12.8 Å². The number of carboxylic acid groups (broad SMARTS) is 2. The number of carbonyl (C=O) groups excluding carboxylic acids is 4. The summed E-state index contributed by atoms with van der Waals surface area (Å²) in [6.45, 7) is 0. The standard InChI is InChI=1S/2C8H8N2O2.C6H10O4/c2*9-7(11)5-2-1-3-6(4-5)8(10)12;7-5(8)3-1-2-4-6(9)10/h2*1-4H,(H2,9,11)(H2,10,12);1-4H2,(H,7,8)(H,9,10). The number of carboxylic acids is 2. The van der Waals surface area contributed by atoms with Gasteiger partial charge in [-0.1, -0.05) is 12.1 Å². The lowest BCUT2D eigenvalue weighted by molar-refractivity contribution is -0.139. The van der Waals surface area contributed by atoms with Crippen LogP contribution in [0.3, 0.4) is 0 Å². The first kappa shape index (κ1) is 29.3. The number of amides is 4. The summed E-state index contributed by atoms with van der Waals surface area (Å²) in [4.78, 5) is 62.4. The predicted octanol–water partition coefficient (Wildman–Crippen LogP) is 0.485. The van der Waals surface area contributed by atoms with Crippen LogP contribution in [0.1, 0.15) is 67.1 Å². The van der Waals surface area contributed by atoms with E-state index >= 15 is 0 Å². The fourth-order valence-corrected chi connectivity index (χ4v) is 2.20. The van der Waals surface area contributed by atoms with E-state index in [1.54, 1.807) is 12.1 Å². The minimum Gasteiger partial charge on any atom is -0.481 e. The van der Waals surface area contributed by atoms with Crippen LogP contribution in [0.4, 0.5) is 0 Å². The van der Waals surface area contributed by atoms with Crippen LogP contribution in [0, 0.1) is 0 Å². The molecule has 0 fully saturated rings. The SMILES string of the molecule is NC(=O)c1cccc(C(N)=O)c1.NC(=O)c1cccc(C(N)=O)c1.O=C(O)CCCCC(=O)O. The van der Waals surface area contributed by atoms with Gasteiger partial charge in [-0.05, 0) is 49.2 Å². The smallest absolute Gasteiger partial charge is 0.303 e. The molecule has 34 heavy (non-hydrogen) atoms. The molecule has 4 amide bonds. The third-order valence-electron chi connectivity index (χ3n) is 3.89. The molecule has 10 N–H and O–H groups in total. The summed E-state index contributed by atoms with van der Waals surface area (Å²) in [5.74, 6) is -4.02. The quantitative estimate of drug-likeness (QED) is 0.278. The Labute approximate surface area is 194 Å². The van der Waals surface area contributed by atoms with Gasteiger partial charge in [-0.25, -0.2) is 0 Å². The van der Waals surface area contributed by atoms with Crippen LogP contribution in [0.25, 0.3) is 0 Å². The summed E-state index contributed by atoms with van der Waals surface area (Å²) in [6.07, 6.45) is 1.02. The van der Waals surface area contributed by atoms with Gasteiger partial charge in [0.05, 0.1) is 0 Å². The summed E-state index contributed by atoms with van der Waals surface area (Å²) in [7, 11) is 0. The molecule has 2 aromatic rings. The van der Waals surface area contributed by atoms with Crippen LogP contribution in [-0.2, 0) is 9.59 Å². The molecular weight excluding hydrogens is 448 g/mol. The molecule has 12 nitrogen and oxygen atoms in total. The molecule has 0 spiro atoms. The third-order valence-corrected chi connectivity index (χ3v) is 3.89. The summed E-state index contributed by atoms with van der Waals surface area (Å²) in [5.41, 5.74) is 21.1. The van der Waals surface area contributed by atoms with Crippen molar-refractivity contribution in [3.63, 3.8) is 0 Å². The van der Waals surface area contributed by atoms with Crippen molar-refractivity contribution in [2.45, 2.75) is 25.7 Å². The fourth-order valence-electron chi connectivity index (χ4n) is 2.20. The molecule has 0 bridgehead atoms. The Morgan fingerprint density at radius 2 is 0.765 bits per heavy atom. The number of primary amides is 4. The molecule has 0 heterocycles. The average Bonchev–Trinajstić information content (AvgIpc) is 2.77. The first-order valence-electron chi connectivity index (χ1n) is 9.68. The first-order valence-corrected chi connectivity index (χ1v) is 9.68. The van der Waals surface area contributed by atoms with Gasteiger partial charge in [0.1, 0.15) is 0 Å². The van der Waals surface area contributed by atoms with Gasteiger partial charge in [0.25, 0.3) is 0 Å². The van der Waals surface area contributed by atoms with Crippen LogP contribution in [-0.4, -0.2) is 45.8 Å². The van der Waals surface area contributed by atoms with Crippen molar-refractivity contribution < 1.29 is 39.0 Å². The van der Waals surface area contributed by atoms with Crippen LogP contribution in [0.15, 0.2) is 48.5 Å². The van der Waals surface area contributed by atoms with Gasteiger partial charge in [0.15, 0.2) is 0 Å². The van der Waals surface area contributed by atoms with E-state index in [0.717, 1.165) is 0 Å². The van der Waals surface area contributed by atoms with Gasteiger partial charge < -0.3 is 33.1 Å². The molecule has 0 atom stereocenters. The van der Waals surface area contributed by atoms with Gasteiger partial charge in [0.2, 0.25) is 23.6 Å². The molecule has 12 heteroatoms. The molecule has 0 aliphatic rings. The Morgan fingerprint density at radius 1 is 0.529 bits per heavy atom. The minimum atomic E-state index is -0.870. The lowest BCUT2D eigenvalue weighted by Crippen LogP contribution is -2.15. The summed E-state index contributed by atoms with van der Waals surface area (Å²) in [5, 5.41) is 16.3. The monoisotopic (exact) mass is 474 g/mol. The molecule has 0 aliphatic heterocycles.